The first-order valence-electron chi connectivity index (χ1n) is 14.7. The number of nitriles is 1. The summed E-state index contributed by atoms with van der Waals surface area (Å²) in [6.45, 7) is 6.37. The summed E-state index contributed by atoms with van der Waals surface area (Å²) in [6.07, 6.45) is -4.84. The standard InChI is InChI=1S/C35H25ClF3N5O4S/c1-16-9-20(10-17(2)41-16)29-24(14-40)30-27(13-26(29)35(37,38)39)43-19(4)44(33(30)45)7-8-48-28-6-5-21(36)12-22(28)23-11-18(3)42-31-25(34(46)47)15-49-32(23)31/h5-6,9-13,15H,7-8H2,1-4H3,(H,46,47). The average Bonchev–Trinajstić information content (AvgIpc) is 3.45. The van der Waals surface area contributed by atoms with Gasteiger partial charge in [0.2, 0.25) is 0 Å². The molecule has 0 amide bonds. The molecule has 0 atom stereocenters. The van der Waals surface area contributed by atoms with Crippen LogP contribution < -0.4 is 10.3 Å². The highest BCUT2D eigenvalue weighted by atomic mass is 35.5. The van der Waals surface area contributed by atoms with Crippen molar-refractivity contribution in [2.24, 2.45) is 0 Å². The molecule has 6 rings (SSSR count). The molecule has 0 radical (unpaired) electrons. The molecular formula is C35H25ClF3N5O4S. The number of carboxylic acid groups (broad SMARTS) is 1. The molecule has 0 bridgehead atoms. The third-order valence-corrected chi connectivity index (χ3v) is 9.15. The zero-order valence-electron chi connectivity index (χ0n) is 26.4. The Morgan fingerprint density at radius 2 is 1.71 bits per heavy atom. The van der Waals surface area contributed by atoms with Gasteiger partial charge in [-0.3, -0.25) is 19.3 Å². The predicted octanol–water partition coefficient (Wildman–Crippen LogP) is 8.29. The number of rotatable bonds is 7. The number of aromatic nitrogens is 4. The number of carboxylic acids is 1. The number of thiophene rings is 1. The first-order valence-corrected chi connectivity index (χ1v) is 16.0. The molecule has 2 aromatic carbocycles. The monoisotopic (exact) mass is 703 g/mol. The minimum absolute atomic E-state index is 0.0582. The Morgan fingerprint density at radius 3 is 2.37 bits per heavy atom. The summed E-state index contributed by atoms with van der Waals surface area (Å²) in [6, 6.07) is 12.3. The van der Waals surface area contributed by atoms with Crippen molar-refractivity contribution >= 4 is 50.0 Å². The Balaban J connectivity index is 1.43. The zero-order valence-corrected chi connectivity index (χ0v) is 27.9. The summed E-state index contributed by atoms with van der Waals surface area (Å²) in [5.74, 6) is -0.585. The van der Waals surface area contributed by atoms with Gasteiger partial charge in [-0.2, -0.15) is 18.4 Å². The van der Waals surface area contributed by atoms with Gasteiger partial charge in [-0.25, -0.2) is 9.78 Å². The number of carbonyl (C=O) groups is 1. The second-order valence-corrected chi connectivity index (χ2v) is 12.7. The normalized spacial score (nSPS) is 11.7. The molecule has 4 aromatic heterocycles. The number of ether oxygens (including phenoxy) is 1. The van der Waals surface area contributed by atoms with Crippen LogP contribution in [0.3, 0.4) is 0 Å². The minimum Gasteiger partial charge on any atom is -0.491 e. The Hall–Kier alpha value is -5.32. The lowest BCUT2D eigenvalue weighted by molar-refractivity contribution is -0.137. The van der Waals surface area contributed by atoms with Crippen molar-refractivity contribution in [1.82, 2.24) is 19.5 Å². The fraction of sp³-hybridized carbons (Fsp3) is 0.200. The van der Waals surface area contributed by atoms with Crippen molar-refractivity contribution in [2.75, 3.05) is 6.61 Å². The van der Waals surface area contributed by atoms with Crippen molar-refractivity contribution in [3.8, 4) is 34.1 Å². The van der Waals surface area contributed by atoms with Gasteiger partial charge in [-0.1, -0.05) is 11.6 Å². The Kier molecular flexibility index (Phi) is 8.64. The molecule has 14 heteroatoms. The number of halogens is 4. The third kappa shape index (κ3) is 6.21. The smallest absolute Gasteiger partial charge is 0.417 e. The van der Waals surface area contributed by atoms with E-state index in [2.05, 4.69) is 15.0 Å². The number of aromatic carboxylic acids is 1. The average molecular weight is 704 g/mol. The van der Waals surface area contributed by atoms with Gasteiger partial charge in [0, 0.05) is 44.2 Å². The maximum atomic E-state index is 14.4. The van der Waals surface area contributed by atoms with E-state index < -0.39 is 34.4 Å². The maximum Gasteiger partial charge on any atom is 0.417 e. The maximum absolute atomic E-state index is 14.4. The molecule has 1 N–H and O–H groups in total. The van der Waals surface area contributed by atoms with Gasteiger partial charge >= 0.3 is 12.1 Å². The minimum atomic E-state index is -4.84. The lowest BCUT2D eigenvalue weighted by Gasteiger charge is -2.19. The molecule has 6 aromatic rings. The number of hydrogen-bond donors (Lipinski definition) is 1. The summed E-state index contributed by atoms with van der Waals surface area (Å²) in [5.41, 5.74) is 0.376. The molecular weight excluding hydrogens is 679 g/mol. The number of pyridine rings is 2. The summed E-state index contributed by atoms with van der Waals surface area (Å²) in [5, 5.41) is 21.6. The molecule has 0 spiro atoms. The largest absolute Gasteiger partial charge is 0.491 e. The molecule has 4 heterocycles. The van der Waals surface area contributed by atoms with Crippen LogP contribution in [-0.4, -0.2) is 37.2 Å². The predicted molar refractivity (Wildman–Crippen MR) is 180 cm³/mol. The van der Waals surface area contributed by atoms with Crippen molar-refractivity contribution in [3.05, 3.63) is 103 Å². The van der Waals surface area contributed by atoms with Gasteiger partial charge in [0.05, 0.1) is 44.4 Å². The lowest BCUT2D eigenvalue weighted by atomic mass is 9.91. The molecule has 9 nitrogen and oxygen atoms in total. The van der Waals surface area contributed by atoms with Crippen LogP contribution >= 0.6 is 22.9 Å². The molecule has 0 aliphatic rings. The molecule has 0 unspecified atom stereocenters. The van der Waals surface area contributed by atoms with E-state index >= 15 is 0 Å². The highest BCUT2D eigenvalue weighted by Crippen LogP contribution is 2.42. The van der Waals surface area contributed by atoms with E-state index in [0.717, 1.165) is 6.07 Å². The summed E-state index contributed by atoms with van der Waals surface area (Å²) in [7, 11) is 0. The fourth-order valence-corrected chi connectivity index (χ4v) is 7.12. The van der Waals surface area contributed by atoms with Gasteiger partial charge in [0.1, 0.15) is 24.3 Å². The van der Waals surface area contributed by atoms with Gasteiger partial charge in [-0.05, 0) is 75.7 Å². The van der Waals surface area contributed by atoms with Gasteiger partial charge in [0.15, 0.2) is 0 Å². The van der Waals surface area contributed by atoms with E-state index in [9.17, 15) is 33.1 Å². The number of aryl methyl sites for hydroxylation is 4. The number of nitrogens with zero attached hydrogens (tertiary/aromatic N) is 5. The summed E-state index contributed by atoms with van der Waals surface area (Å²) in [4.78, 5) is 38.8. The molecule has 248 valence electrons. The quantitative estimate of drug-likeness (QED) is 0.176. The van der Waals surface area contributed by atoms with Crippen molar-refractivity contribution in [1.29, 1.82) is 5.26 Å². The zero-order chi connectivity index (χ0) is 35.4. The van der Waals surface area contributed by atoms with Crippen LogP contribution in [0.2, 0.25) is 5.02 Å². The first-order chi connectivity index (χ1) is 23.2. The molecule has 0 saturated heterocycles. The van der Waals surface area contributed by atoms with Gasteiger partial charge in [-0.15, -0.1) is 11.3 Å². The lowest BCUT2D eigenvalue weighted by Crippen LogP contribution is -2.27. The molecule has 0 aliphatic carbocycles. The van der Waals surface area contributed by atoms with Crippen LogP contribution in [0.1, 0.15) is 44.4 Å². The van der Waals surface area contributed by atoms with E-state index in [1.807, 2.05) is 6.07 Å². The van der Waals surface area contributed by atoms with E-state index in [-0.39, 0.29) is 41.0 Å². The highest BCUT2D eigenvalue weighted by Gasteiger charge is 2.37. The first kappa shape index (κ1) is 33.6. The van der Waals surface area contributed by atoms with Crippen LogP contribution in [0, 0.1) is 39.0 Å². The van der Waals surface area contributed by atoms with Crippen molar-refractivity contribution in [3.63, 3.8) is 0 Å². The Labute approximate surface area is 285 Å². The second-order valence-electron chi connectivity index (χ2n) is 11.4. The van der Waals surface area contributed by atoms with Crippen LogP contribution in [0.4, 0.5) is 13.2 Å². The number of fused-ring (bicyclic) bond motifs is 2. The summed E-state index contributed by atoms with van der Waals surface area (Å²) < 4.78 is 51.3. The number of alkyl halides is 3. The van der Waals surface area contributed by atoms with Gasteiger partial charge < -0.3 is 9.84 Å². The molecule has 0 aliphatic heterocycles. The van der Waals surface area contributed by atoms with Crippen LogP contribution in [0.5, 0.6) is 5.75 Å². The van der Waals surface area contributed by atoms with Gasteiger partial charge in [0.25, 0.3) is 5.56 Å². The van der Waals surface area contributed by atoms with E-state index in [4.69, 9.17) is 16.3 Å². The van der Waals surface area contributed by atoms with Crippen molar-refractivity contribution < 1.29 is 27.8 Å². The fourth-order valence-electron chi connectivity index (χ4n) is 5.94. The van der Waals surface area contributed by atoms with E-state index in [0.29, 0.717) is 49.2 Å². The number of benzene rings is 2. The summed E-state index contributed by atoms with van der Waals surface area (Å²) >= 11 is 7.59. The second kappa shape index (κ2) is 12.6. The van der Waals surface area contributed by atoms with Crippen molar-refractivity contribution in [2.45, 2.75) is 40.4 Å². The topological polar surface area (TPSA) is 131 Å². The number of hydrogen-bond acceptors (Lipinski definition) is 8. The van der Waals surface area contributed by atoms with Crippen LogP contribution in [-0.2, 0) is 12.7 Å². The molecule has 49 heavy (non-hydrogen) atoms. The SMILES string of the molecule is Cc1cc(-c2c(C(F)(F)F)cc3nc(C)n(CCOc4ccc(Cl)cc4-c4cc(C)nc5c(C(=O)O)csc45)c(=O)c3c2C#N)cc(C)n1. The van der Waals surface area contributed by atoms with Crippen LogP contribution in [0.25, 0.3) is 43.4 Å². The van der Waals surface area contributed by atoms with E-state index in [1.54, 1.807) is 45.0 Å². The molecule has 0 saturated carbocycles. The molecule has 0 fully saturated rings. The third-order valence-electron chi connectivity index (χ3n) is 7.91. The highest BCUT2D eigenvalue weighted by molar-refractivity contribution is 7.18. The van der Waals surface area contributed by atoms with E-state index in [1.165, 1.54) is 40.3 Å². The Bertz CT molecular complexity index is 2430. The van der Waals surface area contributed by atoms with Crippen LogP contribution in [0.15, 0.2) is 52.6 Å². The Morgan fingerprint density at radius 1 is 1.02 bits per heavy atom.